The first-order valence-electron chi connectivity index (χ1n) is 10.5. The summed E-state index contributed by atoms with van der Waals surface area (Å²) in [4.78, 5) is 28.8. The van der Waals surface area contributed by atoms with E-state index in [1.165, 1.54) is 6.07 Å². The molecule has 1 aromatic rings. The number of hydrogen-bond acceptors (Lipinski definition) is 4. The first kappa shape index (κ1) is 21.7. The number of aliphatic hydroxyl groups excluding tert-OH is 1. The van der Waals surface area contributed by atoms with E-state index < -0.39 is 11.5 Å². The molecule has 1 spiro atoms. The van der Waals surface area contributed by atoms with Gasteiger partial charge in [0.2, 0.25) is 11.8 Å². The highest BCUT2D eigenvalue weighted by Gasteiger charge is 2.47. The number of halogens is 1. The number of carbonyl (C=O) groups excluding carboxylic acids is 2. The monoisotopic (exact) mass is 406 g/mol. The topological polar surface area (TPSA) is 70.1 Å². The van der Waals surface area contributed by atoms with E-state index in [2.05, 4.69) is 0 Å². The molecule has 2 saturated heterocycles. The van der Waals surface area contributed by atoms with Crippen LogP contribution in [0.5, 0.6) is 0 Å². The Balaban J connectivity index is 1.65. The lowest BCUT2D eigenvalue weighted by Gasteiger charge is -2.51. The van der Waals surface area contributed by atoms with E-state index in [0.29, 0.717) is 44.8 Å². The molecule has 2 fully saturated rings. The average Bonchev–Trinajstić information content (AvgIpc) is 2.72. The van der Waals surface area contributed by atoms with Crippen molar-refractivity contribution in [3.8, 4) is 0 Å². The summed E-state index contributed by atoms with van der Waals surface area (Å²) in [5, 5.41) is 10.8. The zero-order valence-electron chi connectivity index (χ0n) is 17.1. The summed E-state index contributed by atoms with van der Waals surface area (Å²) in [7, 11) is 0. The number of benzene rings is 1. The van der Waals surface area contributed by atoms with Gasteiger partial charge in [0.1, 0.15) is 12.4 Å². The third-order valence-electron chi connectivity index (χ3n) is 6.07. The molecule has 0 radical (unpaired) electrons. The number of carbonyl (C=O) groups is 2. The van der Waals surface area contributed by atoms with Crippen molar-refractivity contribution in [2.45, 2.75) is 45.1 Å². The Hall–Kier alpha value is -1.99. The van der Waals surface area contributed by atoms with Gasteiger partial charge in [0, 0.05) is 38.2 Å². The molecule has 0 saturated carbocycles. The van der Waals surface area contributed by atoms with E-state index in [0.717, 1.165) is 19.3 Å². The van der Waals surface area contributed by atoms with Crippen LogP contribution in [-0.2, 0) is 20.7 Å². The standard InChI is InChI=1S/C22H31FN2O4/c1-2-12-29-14-21(28)25-11-8-19(26)22(16-25)9-5-10-24(15-22)20(27)13-17-6-3-4-7-18(17)23/h3-4,6-7,19,26H,2,5,8-16H2,1H3/t19-,22+/m1/s1. The summed E-state index contributed by atoms with van der Waals surface area (Å²) in [5.41, 5.74) is -0.145. The molecule has 3 rings (SSSR count). The molecule has 2 heterocycles. The van der Waals surface area contributed by atoms with Crippen molar-refractivity contribution in [3.05, 3.63) is 35.6 Å². The van der Waals surface area contributed by atoms with Gasteiger partial charge in [0.05, 0.1) is 12.5 Å². The molecule has 0 aliphatic carbocycles. The highest BCUT2D eigenvalue weighted by Crippen LogP contribution is 2.39. The highest BCUT2D eigenvalue weighted by atomic mass is 19.1. The predicted octanol–water partition coefficient (Wildman–Crippen LogP) is 2.00. The molecular formula is C22H31FN2O4. The summed E-state index contributed by atoms with van der Waals surface area (Å²) in [6, 6.07) is 6.31. The number of amides is 2. The molecule has 6 nitrogen and oxygen atoms in total. The zero-order chi connectivity index (χ0) is 20.9. The van der Waals surface area contributed by atoms with Crippen molar-refractivity contribution in [1.82, 2.24) is 9.80 Å². The highest BCUT2D eigenvalue weighted by molar-refractivity contribution is 5.79. The van der Waals surface area contributed by atoms with Crippen LogP contribution in [0.3, 0.4) is 0 Å². The van der Waals surface area contributed by atoms with Crippen molar-refractivity contribution in [1.29, 1.82) is 0 Å². The van der Waals surface area contributed by atoms with E-state index >= 15 is 0 Å². The predicted molar refractivity (Wildman–Crippen MR) is 107 cm³/mol. The Kier molecular flexibility index (Phi) is 7.24. The van der Waals surface area contributed by atoms with Gasteiger partial charge in [-0.25, -0.2) is 4.39 Å². The lowest BCUT2D eigenvalue weighted by Crippen LogP contribution is -2.61. The van der Waals surface area contributed by atoms with Crippen LogP contribution in [-0.4, -0.2) is 72.2 Å². The van der Waals surface area contributed by atoms with Crippen LogP contribution in [0.1, 0.15) is 38.2 Å². The lowest BCUT2D eigenvalue weighted by molar-refractivity contribution is -0.151. The Morgan fingerprint density at radius 3 is 2.66 bits per heavy atom. The number of hydrogen-bond donors (Lipinski definition) is 1. The molecule has 0 aromatic heterocycles. The molecule has 0 unspecified atom stereocenters. The lowest BCUT2D eigenvalue weighted by atomic mass is 9.71. The fourth-order valence-electron chi connectivity index (χ4n) is 4.45. The average molecular weight is 406 g/mol. The van der Waals surface area contributed by atoms with E-state index in [9.17, 15) is 19.1 Å². The molecule has 0 bridgehead atoms. The largest absolute Gasteiger partial charge is 0.392 e. The molecule has 2 amide bonds. The van der Waals surface area contributed by atoms with Crippen LogP contribution in [0.25, 0.3) is 0 Å². The minimum absolute atomic E-state index is 0.00630. The molecular weight excluding hydrogens is 375 g/mol. The molecule has 160 valence electrons. The fraction of sp³-hybridized carbons (Fsp3) is 0.636. The number of aliphatic hydroxyl groups is 1. The normalized spacial score (nSPS) is 24.7. The Bertz CT molecular complexity index is 729. The molecule has 29 heavy (non-hydrogen) atoms. The third kappa shape index (κ3) is 5.14. The van der Waals surface area contributed by atoms with E-state index in [1.807, 2.05) is 6.92 Å². The van der Waals surface area contributed by atoms with Crippen LogP contribution in [0, 0.1) is 11.2 Å². The molecule has 2 atom stereocenters. The van der Waals surface area contributed by atoms with Gasteiger partial charge in [0.15, 0.2) is 0 Å². The minimum atomic E-state index is -0.563. The first-order chi connectivity index (χ1) is 13.9. The smallest absolute Gasteiger partial charge is 0.248 e. The molecule has 1 aromatic carbocycles. The summed E-state index contributed by atoms with van der Waals surface area (Å²) in [6.07, 6.45) is 2.31. The first-order valence-corrected chi connectivity index (χ1v) is 10.5. The van der Waals surface area contributed by atoms with Crippen LogP contribution in [0.4, 0.5) is 4.39 Å². The van der Waals surface area contributed by atoms with Gasteiger partial charge in [0.25, 0.3) is 0 Å². The summed E-state index contributed by atoms with van der Waals surface area (Å²) < 4.78 is 19.3. The number of nitrogens with zero attached hydrogens (tertiary/aromatic N) is 2. The SMILES string of the molecule is CCCOCC(=O)N1CC[C@@H](O)[C@]2(CCCN(C(=O)Cc3ccccc3F)C2)C1. The van der Waals surface area contributed by atoms with Crippen molar-refractivity contribution in [2.75, 3.05) is 39.4 Å². The van der Waals surface area contributed by atoms with Gasteiger partial charge in [-0.15, -0.1) is 0 Å². The zero-order valence-corrected chi connectivity index (χ0v) is 17.1. The quantitative estimate of drug-likeness (QED) is 0.734. The second-order valence-corrected chi connectivity index (χ2v) is 8.22. The van der Waals surface area contributed by atoms with Gasteiger partial charge in [-0.1, -0.05) is 25.1 Å². The van der Waals surface area contributed by atoms with E-state index in [-0.39, 0.29) is 30.7 Å². The van der Waals surface area contributed by atoms with Gasteiger partial charge < -0.3 is 19.6 Å². The van der Waals surface area contributed by atoms with Gasteiger partial charge >= 0.3 is 0 Å². The Morgan fingerprint density at radius 1 is 1.21 bits per heavy atom. The molecule has 1 N–H and O–H groups in total. The minimum Gasteiger partial charge on any atom is -0.392 e. The number of rotatable bonds is 6. The van der Waals surface area contributed by atoms with Gasteiger partial charge in [-0.3, -0.25) is 9.59 Å². The van der Waals surface area contributed by atoms with E-state index in [1.54, 1.807) is 28.0 Å². The fourth-order valence-corrected chi connectivity index (χ4v) is 4.45. The van der Waals surface area contributed by atoms with Crippen LogP contribution in [0.2, 0.25) is 0 Å². The molecule has 2 aliphatic rings. The van der Waals surface area contributed by atoms with Crippen molar-refractivity contribution in [3.63, 3.8) is 0 Å². The molecule has 7 heteroatoms. The third-order valence-corrected chi connectivity index (χ3v) is 6.07. The molecule has 2 aliphatic heterocycles. The van der Waals surface area contributed by atoms with E-state index in [4.69, 9.17) is 4.74 Å². The van der Waals surface area contributed by atoms with Crippen LogP contribution < -0.4 is 0 Å². The second kappa shape index (κ2) is 9.67. The van der Waals surface area contributed by atoms with Gasteiger partial charge in [-0.05, 0) is 37.3 Å². The van der Waals surface area contributed by atoms with Crippen molar-refractivity contribution >= 4 is 11.8 Å². The van der Waals surface area contributed by atoms with Crippen molar-refractivity contribution in [2.24, 2.45) is 5.41 Å². The maximum Gasteiger partial charge on any atom is 0.248 e. The maximum atomic E-state index is 13.9. The van der Waals surface area contributed by atoms with Crippen molar-refractivity contribution < 1.29 is 23.8 Å². The maximum absolute atomic E-state index is 13.9. The summed E-state index contributed by atoms with van der Waals surface area (Å²) in [5.74, 6) is -0.593. The Morgan fingerprint density at radius 2 is 1.93 bits per heavy atom. The summed E-state index contributed by atoms with van der Waals surface area (Å²) >= 11 is 0. The Labute approximate surface area is 171 Å². The van der Waals surface area contributed by atoms with Gasteiger partial charge in [-0.2, -0.15) is 0 Å². The number of ether oxygens (including phenoxy) is 1. The second-order valence-electron chi connectivity index (χ2n) is 8.22. The van der Waals surface area contributed by atoms with Crippen LogP contribution in [0.15, 0.2) is 24.3 Å². The van der Waals surface area contributed by atoms with Crippen LogP contribution >= 0.6 is 0 Å². The number of likely N-dealkylation sites (tertiary alicyclic amines) is 2. The number of piperidine rings is 2. The summed E-state index contributed by atoms with van der Waals surface area (Å²) in [6.45, 7) is 4.50.